The highest BCUT2D eigenvalue weighted by molar-refractivity contribution is 6.08. The highest BCUT2D eigenvalue weighted by Gasteiger charge is 2.67. The van der Waals surface area contributed by atoms with Crippen molar-refractivity contribution in [2.75, 3.05) is 31.6 Å². The number of fused-ring (bicyclic) bond motifs is 1. The van der Waals surface area contributed by atoms with E-state index < -0.39 is 59.2 Å². The molecule has 0 aliphatic carbocycles. The number of amides is 3. The first-order valence-electron chi connectivity index (χ1n) is 14.2. The lowest BCUT2D eigenvalue weighted by Gasteiger charge is -2.44. The molecule has 2 aromatic rings. The molecule has 1 atom stereocenters. The summed E-state index contributed by atoms with van der Waals surface area (Å²) in [6.45, 7) is 10.3. The summed E-state index contributed by atoms with van der Waals surface area (Å²) >= 11 is 0. The van der Waals surface area contributed by atoms with Gasteiger partial charge in [0.25, 0.3) is 29.4 Å². The van der Waals surface area contributed by atoms with E-state index in [0.29, 0.717) is 43.3 Å². The van der Waals surface area contributed by atoms with Crippen molar-refractivity contribution in [1.82, 2.24) is 15.1 Å². The van der Waals surface area contributed by atoms with E-state index in [1.807, 2.05) is 27.7 Å². The van der Waals surface area contributed by atoms with Gasteiger partial charge in [0.05, 0.1) is 18.8 Å². The predicted octanol–water partition coefficient (Wildman–Crippen LogP) is -0.740. The number of anilines is 1. The van der Waals surface area contributed by atoms with Gasteiger partial charge in [-0.05, 0) is 29.8 Å². The molecule has 15 heteroatoms. The van der Waals surface area contributed by atoms with Crippen LogP contribution in [0.25, 0.3) is 0 Å². The summed E-state index contributed by atoms with van der Waals surface area (Å²) in [5.74, 6) is -15.7. The molecular formula is C29H39FN4O10. The van der Waals surface area contributed by atoms with E-state index in [2.05, 4.69) is 10.2 Å². The molecule has 14 nitrogen and oxygen atoms in total. The number of imide groups is 1. The number of nitrogens with one attached hydrogen (secondary N) is 2. The molecule has 1 unspecified atom stereocenters. The largest absolute Gasteiger partial charge is 0.379 e. The van der Waals surface area contributed by atoms with Crippen molar-refractivity contribution in [3.8, 4) is 0 Å². The number of benzene rings is 2. The maximum Gasteiger partial charge on any atom is 0.303 e. The zero-order valence-corrected chi connectivity index (χ0v) is 24.9. The standard InChI is InChI=1S/C25H27FN4O10.2C2H6/c26-17-10-13(11-29-6-8-40-9-7-29)4-5-16(17)25(38,39)28-18-3-1-2-14-15(18)12-30(21(14)32)19-20(31)27-22(33)24(36,37)23(19,34)35;2*1-2/h1-5,10,19,28,34-39H,6-9,11-12H2,(H,27,31,33);2*1-2H3. The van der Waals surface area contributed by atoms with Gasteiger partial charge in [0.15, 0.2) is 6.04 Å². The Morgan fingerprint density at radius 1 is 1.02 bits per heavy atom. The molecule has 0 saturated carbocycles. The maximum atomic E-state index is 15.0. The van der Waals surface area contributed by atoms with Crippen LogP contribution >= 0.6 is 0 Å². The van der Waals surface area contributed by atoms with Crippen LogP contribution < -0.4 is 10.6 Å². The fourth-order valence-electron chi connectivity index (χ4n) is 5.06. The third-order valence-electron chi connectivity index (χ3n) is 7.23. The Morgan fingerprint density at radius 3 is 2.27 bits per heavy atom. The van der Waals surface area contributed by atoms with Crippen molar-refractivity contribution in [3.63, 3.8) is 0 Å². The molecule has 8 N–H and O–H groups in total. The van der Waals surface area contributed by atoms with Crippen LogP contribution in [0.1, 0.15) is 54.7 Å². The van der Waals surface area contributed by atoms with Crippen LogP contribution in [0.5, 0.6) is 0 Å². The van der Waals surface area contributed by atoms with Crippen molar-refractivity contribution in [2.45, 2.75) is 64.3 Å². The molecule has 3 aliphatic heterocycles. The van der Waals surface area contributed by atoms with E-state index in [0.717, 1.165) is 0 Å². The third kappa shape index (κ3) is 6.45. The lowest BCUT2D eigenvalue weighted by molar-refractivity contribution is -0.355. The molecule has 2 fully saturated rings. The smallest absolute Gasteiger partial charge is 0.303 e. The Hall–Kier alpha value is -3.54. The van der Waals surface area contributed by atoms with Gasteiger partial charge in [0.1, 0.15) is 5.82 Å². The number of ether oxygens (including phenoxy) is 1. The van der Waals surface area contributed by atoms with Gasteiger partial charge in [-0.15, -0.1) is 0 Å². The van der Waals surface area contributed by atoms with Crippen molar-refractivity contribution < 1.29 is 54.2 Å². The molecule has 0 aromatic heterocycles. The molecule has 2 aromatic carbocycles. The average Bonchev–Trinajstić information content (AvgIpc) is 3.31. The first-order valence-corrected chi connectivity index (χ1v) is 14.2. The van der Waals surface area contributed by atoms with Crippen molar-refractivity contribution >= 4 is 23.4 Å². The Bertz CT molecular complexity index is 1380. The summed E-state index contributed by atoms with van der Waals surface area (Å²) < 4.78 is 20.3. The van der Waals surface area contributed by atoms with Gasteiger partial charge in [-0.25, -0.2) is 4.39 Å². The second-order valence-electron chi connectivity index (χ2n) is 9.88. The minimum atomic E-state index is -3.83. The van der Waals surface area contributed by atoms with Crippen LogP contribution in [0, 0.1) is 5.82 Å². The number of aliphatic hydroxyl groups is 6. The van der Waals surface area contributed by atoms with Gasteiger partial charge in [-0.3, -0.25) is 24.6 Å². The zero-order valence-electron chi connectivity index (χ0n) is 24.9. The number of morpholine rings is 1. The summed E-state index contributed by atoms with van der Waals surface area (Å²) in [5, 5.41) is 66.1. The van der Waals surface area contributed by atoms with Crippen LogP contribution in [-0.4, -0.2) is 102 Å². The first-order chi connectivity index (χ1) is 20.7. The van der Waals surface area contributed by atoms with Crippen LogP contribution in [0.3, 0.4) is 0 Å². The Kier molecular flexibility index (Phi) is 10.8. The highest BCUT2D eigenvalue weighted by Crippen LogP contribution is 2.38. The van der Waals surface area contributed by atoms with Crippen LogP contribution in [0.15, 0.2) is 36.4 Å². The highest BCUT2D eigenvalue weighted by atomic mass is 19.1. The van der Waals surface area contributed by atoms with E-state index in [9.17, 15) is 45.0 Å². The Balaban J connectivity index is 0.00000127. The number of piperidine rings is 1. The molecule has 3 amide bonds. The van der Waals surface area contributed by atoms with Gasteiger partial charge in [-0.2, -0.15) is 0 Å². The Morgan fingerprint density at radius 2 is 1.66 bits per heavy atom. The van der Waals surface area contributed by atoms with E-state index >= 15 is 4.39 Å². The van der Waals surface area contributed by atoms with Crippen LogP contribution in [0.2, 0.25) is 0 Å². The molecule has 242 valence electrons. The number of nitrogens with zero attached hydrogens (tertiary/aromatic N) is 2. The third-order valence-corrected chi connectivity index (χ3v) is 7.23. The van der Waals surface area contributed by atoms with Crippen molar-refractivity contribution in [3.05, 3.63) is 64.5 Å². The summed E-state index contributed by atoms with van der Waals surface area (Å²) in [4.78, 5) is 40.0. The van der Waals surface area contributed by atoms with E-state index in [1.165, 1.54) is 30.3 Å². The summed E-state index contributed by atoms with van der Waals surface area (Å²) in [7, 11) is 0. The second-order valence-corrected chi connectivity index (χ2v) is 9.88. The Labute approximate surface area is 253 Å². The molecule has 0 spiro atoms. The molecule has 0 bridgehead atoms. The minimum absolute atomic E-state index is 0.0475. The van der Waals surface area contributed by atoms with Gasteiger partial charge in [-0.1, -0.05) is 39.8 Å². The second kappa shape index (κ2) is 13.6. The topological polar surface area (TPSA) is 212 Å². The summed E-state index contributed by atoms with van der Waals surface area (Å²) in [5.41, 5.74) is -0.0544. The molecule has 3 aliphatic rings. The molecule has 5 rings (SSSR count). The SMILES string of the molecule is CC.CC.O=C1NC(=O)C(O)(O)C(O)(O)C1N1Cc2c(NC(O)(O)c3ccc(CN4CCOCC4)cc3F)cccc2C1=O. The number of hydrogen-bond donors (Lipinski definition) is 8. The summed E-state index contributed by atoms with van der Waals surface area (Å²) in [6.07, 6.45) is 0. The van der Waals surface area contributed by atoms with E-state index in [-0.39, 0.29) is 16.8 Å². The fourth-order valence-corrected chi connectivity index (χ4v) is 5.06. The maximum absolute atomic E-state index is 15.0. The normalized spacial score (nSPS) is 20.9. The van der Waals surface area contributed by atoms with E-state index in [1.54, 1.807) is 11.4 Å². The van der Waals surface area contributed by atoms with Gasteiger partial charge in [0, 0.05) is 43.0 Å². The quantitative estimate of drug-likeness (QED) is 0.148. The number of carbonyl (C=O) groups is 3. The summed E-state index contributed by atoms with van der Waals surface area (Å²) in [6, 6.07) is 5.56. The lowest BCUT2D eigenvalue weighted by Crippen LogP contribution is -2.79. The first kappa shape index (κ1) is 34.9. The fraction of sp³-hybridized carbons (Fsp3) is 0.483. The van der Waals surface area contributed by atoms with Gasteiger partial charge >= 0.3 is 5.79 Å². The number of hydrogen-bond acceptors (Lipinski definition) is 12. The molecule has 44 heavy (non-hydrogen) atoms. The average molecular weight is 623 g/mol. The number of rotatable bonds is 6. The van der Waals surface area contributed by atoms with Crippen LogP contribution in [-0.2, 0) is 33.3 Å². The molecular weight excluding hydrogens is 583 g/mol. The zero-order chi connectivity index (χ0) is 33.0. The van der Waals surface area contributed by atoms with Crippen molar-refractivity contribution in [2.24, 2.45) is 0 Å². The van der Waals surface area contributed by atoms with E-state index in [4.69, 9.17) is 4.74 Å². The van der Waals surface area contributed by atoms with Crippen molar-refractivity contribution in [1.29, 1.82) is 0 Å². The molecule has 3 heterocycles. The predicted molar refractivity (Wildman–Crippen MR) is 153 cm³/mol. The van der Waals surface area contributed by atoms with Gasteiger partial charge in [0.2, 0.25) is 0 Å². The minimum Gasteiger partial charge on any atom is -0.379 e. The molecule has 2 saturated heterocycles. The number of carbonyl (C=O) groups excluding carboxylic acids is 3. The van der Waals surface area contributed by atoms with Crippen LogP contribution in [0.4, 0.5) is 10.1 Å². The van der Waals surface area contributed by atoms with Gasteiger partial charge < -0.3 is 45.6 Å². The monoisotopic (exact) mass is 622 g/mol. The molecule has 0 radical (unpaired) electrons. The lowest BCUT2D eigenvalue weighted by atomic mass is 9.90. The number of halogens is 1.